The average molecular weight is 276 g/mol. The monoisotopic (exact) mass is 276 g/mol. The summed E-state index contributed by atoms with van der Waals surface area (Å²) in [4.78, 5) is 2.57. The lowest BCUT2D eigenvalue weighted by Gasteiger charge is -2.15. The maximum Gasteiger partial charge on any atom is 0.119 e. The molecule has 19 heavy (non-hydrogen) atoms. The zero-order chi connectivity index (χ0) is 13.8. The van der Waals surface area contributed by atoms with Crippen LogP contribution in [0.25, 0.3) is 0 Å². The van der Waals surface area contributed by atoms with Crippen molar-refractivity contribution in [3.05, 3.63) is 51.2 Å². The number of hydrogen-bond donors (Lipinski definition) is 2. The van der Waals surface area contributed by atoms with E-state index < -0.39 is 0 Å². The first kappa shape index (κ1) is 14.1. The standard InChI is InChI=1S/C15H20N2OS/c1-4-18-13-7-5-12(6-8-13)15(17-16)14-9-10(2)11(3)19-14/h5-9,15,17H,4,16H2,1-3H3. The van der Waals surface area contributed by atoms with Gasteiger partial charge in [0.1, 0.15) is 5.75 Å². The van der Waals surface area contributed by atoms with Gasteiger partial charge in [-0.15, -0.1) is 11.3 Å². The molecule has 1 unspecified atom stereocenters. The lowest BCUT2D eigenvalue weighted by molar-refractivity contribution is 0.340. The molecule has 0 bridgehead atoms. The molecule has 0 aliphatic heterocycles. The van der Waals surface area contributed by atoms with Crippen LogP contribution in [0.5, 0.6) is 5.75 Å². The van der Waals surface area contributed by atoms with Crippen LogP contribution in [0.3, 0.4) is 0 Å². The number of ether oxygens (including phenoxy) is 1. The summed E-state index contributed by atoms with van der Waals surface area (Å²) in [6, 6.07) is 10.3. The van der Waals surface area contributed by atoms with Crippen molar-refractivity contribution in [2.24, 2.45) is 5.84 Å². The van der Waals surface area contributed by atoms with E-state index in [1.54, 1.807) is 11.3 Å². The summed E-state index contributed by atoms with van der Waals surface area (Å²) in [5.41, 5.74) is 5.35. The summed E-state index contributed by atoms with van der Waals surface area (Å²) >= 11 is 1.78. The van der Waals surface area contributed by atoms with E-state index in [2.05, 4.69) is 37.5 Å². The van der Waals surface area contributed by atoms with Crippen LogP contribution in [0.15, 0.2) is 30.3 Å². The maximum absolute atomic E-state index is 5.72. The molecule has 1 atom stereocenters. The van der Waals surface area contributed by atoms with Crippen molar-refractivity contribution in [2.45, 2.75) is 26.8 Å². The summed E-state index contributed by atoms with van der Waals surface area (Å²) in [6.45, 7) is 6.92. The number of thiophene rings is 1. The molecule has 2 rings (SSSR count). The van der Waals surface area contributed by atoms with E-state index in [1.165, 1.54) is 15.3 Å². The first-order valence-corrected chi connectivity index (χ1v) is 7.23. The number of nitrogens with one attached hydrogen (secondary N) is 1. The number of hydrogen-bond acceptors (Lipinski definition) is 4. The highest BCUT2D eigenvalue weighted by atomic mass is 32.1. The lowest BCUT2D eigenvalue weighted by atomic mass is 10.1. The molecule has 0 aliphatic carbocycles. The summed E-state index contributed by atoms with van der Waals surface area (Å²) < 4.78 is 5.45. The molecule has 0 aliphatic rings. The van der Waals surface area contributed by atoms with Crippen molar-refractivity contribution in [1.29, 1.82) is 0 Å². The second-order valence-corrected chi connectivity index (χ2v) is 5.78. The molecule has 3 N–H and O–H groups in total. The van der Waals surface area contributed by atoms with E-state index in [1.807, 2.05) is 19.1 Å². The van der Waals surface area contributed by atoms with Gasteiger partial charge in [0.25, 0.3) is 0 Å². The van der Waals surface area contributed by atoms with Crippen molar-refractivity contribution < 1.29 is 4.74 Å². The lowest BCUT2D eigenvalue weighted by Crippen LogP contribution is -2.28. The molecule has 0 radical (unpaired) electrons. The first-order chi connectivity index (χ1) is 9.15. The Hall–Kier alpha value is -1.36. The zero-order valence-corrected chi connectivity index (χ0v) is 12.4. The minimum atomic E-state index is 0.0353. The highest BCUT2D eigenvalue weighted by Gasteiger charge is 2.15. The van der Waals surface area contributed by atoms with Crippen LogP contribution in [0.2, 0.25) is 0 Å². The van der Waals surface area contributed by atoms with Gasteiger partial charge in [-0.2, -0.15) is 0 Å². The first-order valence-electron chi connectivity index (χ1n) is 6.41. The molecule has 0 saturated carbocycles. The zero-order valence-electron chi connectivity index (χ0n) is 11.6. The van der Waals surface area contributed by atoms with Crippen LogP contribution in [-0.4, -0.2) is 6.61 Å². The van der Waals surface area contributed by atoms with E-state index in [0.29, 0.717) is 6.61 Å². The molecule has 3 nitrogen and oxygen atoms in total. The second kappa shape index (κ2) is 6.19. The van der Waals surface area contributed by atoms with Crippen molar-refractivity contribution in [2.75, 3.05) is 6.61 Å². The Morgan fingerprint density at radius 3 is 2.42 bits per heavy atom. The van der Waals surface area contributed by atoms with Crippen LogP contribution in [-0.2, 0) is 0 Å². The second-order valence-electron chi connectivity index (χ2n) is 4.49. The highest BCUT2D eigenvalue weighted by Crippen LogP contribution is 2.31. The molecule has 0 fully saturated rings. The number of aryl methyl sites for hydroxylation is 2. The average Bonchev–Trinajstić information content (AvgIpc) is 2.73. The molecule has 1 aromatic heterocycles. The number of benzene rings is 1. The van der Waals surface area contributed by atoms with E-state index >= 15 is 0 Å². The Morgan fingerprint density at radius 1 is 1.26 bits per heavy atom. The molecule has 1 aromatic carbocycles. The van der Waals surface area contributed by atoms with Crippen LogP contribution >= 0.6 is 11.3 Å². The van der Waals surface area contributed by atoms with Gasteiger partial charge in [0.15, 0.2) is 0 Å². The van der Waals surface area contributed by atoms with Crippen molar-refractivity contribution in [1.82, 2.24) is 5.43 Å². The van der Waals surface area contributed by atoms with Gasteiger partial charge in [-0.05, 0) is 50.1 Å². The Labute approximate surface area is 118 Å². The van der Waals surface area contributed by atoms with Gasteiger partial charge in [-0.3, -0.25) is 5.84 Å². The summed E-state index contributed by atoms with van der Waals surface area (Å²) in [5.74, 6) is 6.61. The summed E-state index contributed by atoms with van der Waals surface area (Å²) in [6.07, 6.45) is 0. The van der Waals surface area contributed by atoms with E-state index in [4.69, 9.17) is 10.6 Å². The predicted molar refractivity (Wildman–Crippen MR) is 80.6 cm³/mol. The SMILES string of the molecule is CCOc1ccc(C(NN)c2cc(C)c(C)s2)cc1. The molecule has 2 aromatic rings. The van der Waals surface area contributed by atoms with Crippen molar-refractivity contribution in [3.8, 4) is 5.75 Å². The maximum atomic E-state index is 5.72. The minimum absolute atomic E-state index is 0.0353. The summed E-state index contributed by atoms with van der Waals surface area (Å²) in [7, 11) is 0. The minimum Gasteiger partial charge on any atom is -0.494 e. The third-order valence-electron chi connectivity index (χ3n) is 3.16. The third kappa shape index (κ3) is 3.15. The quantitative estimate of drug-likeness (QED) is 0.650. The molecule has 4 heteroatoms. The van der Waals surface area contributed by atoms with E-state index in [9.17, 15) is 0 Å². The third-order valence-corrected chi connectivity index (χ3v) is 4.38. The fraction of sp³-hybridized carbons (Fsp3) is 0.333. The van der Waals surface area contributed by atoms with Gasteiger partial charge in [-0.25, -0.2) is 5.43 Å². The van der Waals surface area contributed by atoms with Gasteiger partial charge in [0.2, 0.25) is 0 Å². The van der Waals surface area contributed by atoms with Gasteiger partial charge >= 0.3 is 0 Å². The fourth-order valence-corrected chi connectivity index (χ4v) is 3.14. The number of hydrazine groups is 1. The fourth-order valence-electron chi connectivity index (χ4n) is 2.01. The van der Waals surface area contributed by atoms with E-state index in [-0.39, 0.29) is 6.04 Å². The Balaban J connectivity index is 2.26. The highest BCUT2D eigenvalue weighted by molar-refractivity contribution is 7.12. The summed E-state index contributed by atoms with van der Waals surface area (Å²) in [5, 5.41) is 0. The molecular formula is C15H20N2OS. The Bertz CT molecular complexity index is 514. The Morgan fingerprint density at radius 2 is 1.95 bits per heavy atom. The topological polar surface area (TPSA) is 47.3 Å². The Kier molecular flexibility index (Phi) is 4.58. The molecule has 0 spiro atoms. The van der Waals surface area contributed by atoms with Crippen LogP contribution in [0, 0.1) is 13.8 Å². The smallest absolute Gasteiger partial charge is 0.119 e. The molecular weight excluding hydrogens is 256 g/mol. The molecule has 0 saturated heterocycles. The molecule has 1 heterocycles. The van der Waals surface area contributed by atoms with Crippen LogP contribution < -0.4 is 16.0 Å². The van der Waals surface area contributed by atoms with Gasteiger partial charge < -0.3 is 4.74 Å². The number of nitrogens with two attached hydrogens (primary N) is 1. The van der Waals surface area contributed by atoms with E-state index in [0.717, 1.165) is 11.3 Å². The normalized spacial score (nSPS) is 12.4. The van der Waals surface area contributed by atoms with Crippen LogP contribution in [0.4, 0.5) is 0 Å². The number of rotatable bonds is 5. The van der Waals surface area contributed by atoms with Crippen LogP contribution in [0.1, 0.15) is 33.8 Å². The van der Waals surface area contributed by atoms with Gasteiger partial charge in [-0.1, -0.05) is 12.1 Å². The van der Waals surface area contributed by atoms with Gasteiger partial charge in [0.05, 0.1) is 12.6 Å². The van der Waals surface area contributed by atoms with Gasteiger partial charge in [0, 0.05) is 9.75 Å². The molecule has 102 valence electrons. The largest absolute Gasteiger partial charge is 0.494 e. The predicted octanol–water partition coefficient (Wildman–Crippen LogP) is 3.32. The van der Waals surface area contributed by atoms with Crippen molar-refractivity contribution >= 4 is 11.3 Å². The molecule has 0 amide bonds. The van der Waals surface area contributed by atoms with Crippen molar-refractivity contribution in [3.63, 3.8) is 0 Å².